The fraction of sp³-hybridized carbons (Fsp3) is 0.600. The standard InChI is InChI=1S/C15H23NO2/c1-10(2)13-8-12(5)9-14(11(3)4)16(13)7-6-15(17)18/h8-11H,6-7H2,1-5H3/p+1. The van der Waals surface area contributed by atoms with Gasteiger partial charge in [-0.3, -0.25) is 4.79 Å². The van der Waals surface area contributed by atoms with Crippen LogP contribution in [-0.4, -0.2) is 11.1 Å². The van der Waals surface area contributed by atoms with Gasteiger partial charge in [0.2, 0.25) is 0 Å². The normalized spacial score (nSPS) is 11.3. The minimum absolute atomic E-state index is 0.174. The second-order valence-electron chi connectivity index (χ2n) is 5.49. The molecule has 0 unspecified atom stereocenters. The predicted octanol–water partition coefficient (Wildman–Crippen LogP) is 3.00. The summed E-state index contributed by atoms with van der Waals surface area (Å²) in [5.41, 5.74) is 3.69. The van der Waals surface area contributed by atoms with Gasteiger partial charge >= 0.3 is 5.97 Å². The van der Waals surface area contributed by atoms with Crippen LogP contribution in [0, 0.1) is 6.92 Å². The Morgan fingerprint density at radius 3 is 1.94 bits per heavy atom. The highest BCUT2D eigenvalue weighted by atomic mass is 16.4. The molecule has 0 aromatic carbocycles. The van der Waals surface area contributed by atoms with Gasteiger partial charge < -0.3 is 5.11 Å². The topological polar surface area (TPSA) is 41.2 Å². The van der Waals surface area contributed by atoms with Gasteiger partial charge in [0.1, 0.15) is 6.42 Å². The third kappa shape index (κ3) is 3.56. The Kier molecular flexibility index (Phi) is 4.88. The number of aryl methyl sites for hydroxylation is 1. The zero-order valence-electron chi connectivity index (χ0n) is 12.0. The van der Waals surface area contributed by atoms with E-state index < -0.39 is 5.97 Å². The van der Waals surface area contributed by atoms with E-state index in [9.17, 15) is 4.79 Å². The largest absolute Gasteiger partial charge is 0.481 e. The number of carbonyl (C=O) groups is 1. The van der Waals surface area contributed by atoms with Crippen molar-refractivity contribution < 1.29 is 14.5 Å². The third-order valence-electron chi connectivity index (χ3n) is 3.11. The lowest BCUT2D eigenvalue weighted by Crippen LogP contribution is -2.44. The van der Waals surface area contributed by atoms with Crippen LogP contribution in [-0.2, 0) is 11.3 Å². The molecule has 0 atom stereocenters. The van der Waals surface area contributed by atoms with E-state index in [0.717, 1.165) is 0 Å². The van der Waals surface area contributed by atoms with Crippen LogP contribution < -0.4 is 4.57 Å². The summed E-state index contributed by atoms with van der Waals surface area (Å²) >= 11 is 0. The second kappa shape index (κ2) is 5.98. The molecule has 0 aliphatic carbocycles. The van der Waals surface area contributed by atoms with Crippen LogP contribution in [0.15, 0.2) is 12.1 Å². The molecule has 0 spiro atoms. The Labute approximate surface area is 109 Å². The molecule has 1 aromatic rings. The maximum absolute atomic E-state index is 10.8. The number of pyridine rings is 1. The summed E-state index contributed by atoms with van der Waals surface area (Å²) in [6, 6.07) is 4.33. The van der Waals surface area contributed by atoms with Crippen LogP contribution in [0.2, 0.25) is 0 Å². The van der Waals surface area contributed by atoms with Gasteiger partial charge in [0.05, 0.1) is 0 Å². The van der Waals surface area contributed by atoms with Gasteiger partial charge in [-0.05, 0) is 12.5 Å². The van der Waals surface area contributed by atoms with Gasteiger partial charge in [0.15, 0.2) is 17.9 Å². The van der Waals surface area contributed by atoms with E-state index in [-0.39, 0.29) is 6.42 Å². The molecule has 0 saturated carbocycles. The highest BCUT2D eigenvalue weighted by Gasteiger charge is 2.23. The quantitative estimate of drug-likeness (QED) is 0.816. The van der Waals surface area contributed by atoms with E-state index >= 15 is 0 Å². The van der Waals surface area contributed by atoms with Crippen molar-refractivity contribution in [3.8, 4) is 0 Å². The molecular weight excluding hydrogens is 226 g/mol. The minimum atomic E-state index is -0.743. The summed E-state index contributed by atoms with van der Waals surface area (Å²) in [5.74, 6) is 0.0554. The van der Waals surface area contributed by atoms with Crippen molar-refractivity contribution in [2.24, 2.45) is 0 Å². The Balaban J connectivity index is 3.26. The highest BCUT2D eigenvalue weighted by molar-refractivity contribution is 5.66. The van der Waals surface area contributed by atoms with Crippen LogP contribution in [0.5, 0.6) is 0 Å². The first-order valence-electron chi connectivity index (χ1n) is 6.59. The van der Waals surface area contributed by atoms with Crippen molar-refractivity contribution in [1.82, 2.24) is 0 Å². The maximum atomic E-state index is 10.8. The van der Waals surface area contributed by atoms with Gasteiger partial charge in [0, 0.05) is 24.0 Å². The minimum Gasteiger partial charge on any atom is -0.481 e. The van der Waals surface area contributed by atoms with E-state index in [1.54, 1.807) is 0 Å². The van der Waals surface area contributed by atoms with E-state index in [2.05, 4.69) is 51.3 Å². The molecule has 1 N–H and O–H groups in total. The van der Waals surface area contributed by atoms with E-state index in [1.807, 2.05) is 0 Å². The molecule has 100 valence electrons. The molecular formula is C15H24NO2+. The molecule has 0 aliphatic rings. The molecule has 1 aromatic heterocycles. The zero-order chi connectivity index (χ0) is 13.9. The smallest absolute Gasteiger partial charge is 0.309 e. The molecule has 3 nitrogen and oxygen atoms in total. The number of aromatic nitrogens is 1. The molecule has 0 aliphatic heterocycles. The molecule has 3 heteroatoms. The van der Waals surface area contributed by atoms with Gasteiger partial charge in [-0.25, -0.2) is 0 Å². The van der Waals surface area contributed by atoms with Crippen LogP contribution in [0.1, 0.15) is 62.9 Å². The summed E-state index contributed by atoms with van der Waals surface area (Å²) in [5, 5.41) is 8.88. The molecule has 0 bridgehead atoms. The van der Waals surface area contributed by atoms with Crippen molar-refractivity contribution in [3.05, 3.63) is 29.1 Å². The van der Waals surface area contributed by atoms with E-state index in [0.29, 0.717) is 18.4 Å². The predicted molar refractivity (Wildman–Crippen MR) is 71.8 cm³/mol. The molecule has 0 saturated heterocycles. The number of hydrogen-bond donors (Lipinski definition) is 1. The highest BCUT2D eigenvalue weighted by Crippen LogP contribution is 2.18. The van der Waals surface area contributed by atoms with E-state index in [1.165, 1.54) is 17.0 Å². The Bertz CT molecular complexity index is 407. The van der Waals surface area contributed by atoms with Gasteiger partial charge in [-0.1, -0.05) is 27.7 Å². The number of nitrogens with zero attached hydrogens (tertiary/aromatic N) is 1. The number of aliphatic carboxylic acids is 1. The average molecular weight is 250 g/mol. The Hall–Kier alpha value is -1.38. The molecule has 18 heavy (non-hydrogen) atoms. The number of carboxylic acids is 1. The third-order valence-corrected chi connectivity index (χ3v) is 3.11. The first-order chi connectivity index (χ1) is 8.32. The van der Waals surface area contributed by atoms with Crippen molar-refractivity contribution >= 4 is 5.97 Å². The molecule has 0 radical (unpaired) electrons. The number of hydrogen-bond acceptors (Lipinski definition) is 1. The summed E-state index contributed by atoms with van der Waals surface area (Å²) in [4.78, 5) is 10.8. The van der Waals surface area contributed by atoms with Crippen molar-refractivity contribution in [2.75, 3.05) is 0 Å². The molecule has 1 rings (SSSR count). The number of rotatable bonds is 5. The zero-order valence-corrected chi connectivity index (χ0v) is 12.0. The van der Waals surface area contributed by atoms with Crippen LogP contribution in [0.3, 0.4) is 0 Å². The van der Waals surface area contributed by atoms with Crippen molar-refractivity contribution in [3.63, 3.8) is 0 Å². The molecule has 0 amide bonds. The fourth-order valence-corrected chi connectivity index (χ4v) is 2.24. The number of carboxylic acid groups (broad SMARTS) is 1. The first kappa shape index (κ1) is 14.7. The average Bonchev–Trinajstić information content (AvgIpc) is 2.25. The lowest BCUT2D eigenvalue weighted by atomic mass is 10.0. The van der Waals surface area contributed by atoms with E-state index in [4.69, 9.17) is 5.11 Å². The van der Waals surface area contributed by atoms with Gasteiger partial charge in [-0.15, -0.1) is 0 Å². The van der Waals surface area contributed by atoms with Crippen LogP contribution in [0.4, 0.5) is 0 Å². The summed E-state index contributed by atoms with van der Waals surface area (Å²) < 4.78 is 2.18. The van der Waals surface area contributed by atoms with Gasteiger partial charge in [-0.2, -0.15) is 4.57 Å². The summed E-state index contributed by atoms with van der Waals surface area (Å²) in [6.07, 6.45) is 0.174. The first-order valence-corrected chi connectivity index (χ1v) is 6.59. The Morgan fingerprint density at radius 2 is 1.61 bits per heavy atom. The molecule has 1 heterocycles. The van der Waals surface area contributed by atoms with Crippen molar-refractivity contribution in [1.29, 1.82) is 0 Å². The summed E-state index contributed by atoms with van der Waals surface area (Å²) in [6.45, 7) is 11.2. The lowest BCUT2D eigenvalue weighted by Gasteiger charge is -2.14. The molecule has 0 fully saturated rings. The second-order valence-corrected chi connectivity index (χ2v) is 5.49. The lowest BCUT2D eigenvalue weighted by molar-refractivity contribution is -0.712. The summed E-state index contributed by atoms with van der Waals surface area (Å²) in [7, 11) is 0. The monoisotopic (exact) mass is 250 g/mol. The fourth-order valence-electron chi connectivity index (χ4n) is 2.24. The van der Waals surface area contributed by atoms with Gasteiger partial charge in [0.25, 0.3) is 0 Å². The SMILES string of the molecule is Cc1cc(C(C)C)[n+](CCC(=O)O)c(C(C)C)c1. The van der Waals surface area contributed by atoms with Crippen LogP contribution >= 0.6 is 0 Å². The van der Waals surface area contributed by atoms with Crippen molar-refractivity contribution in [2.45, 2.75) is 59.4 Å². The van der Waals surface area contributed by atoms with Crippen LogP contribution in [0.25, 0.3) is 0 Å². The Morgan fingerprint density at radius 1 is 1.17 bits per heavy atom. The maximum Gasteiger partial charge on any atom is 0.309 e.